The number of sulfonamides is 1. The molecule has 0 spiro atoms. The van der Waals surface area contributed by atoms with Crippen molar-refractivity contribution < 1.29 is 8.42 Å². The van der Waals surface area contributed by atoms with Crippen LogP contribution < -0.4 is 10.0 Å². The summed E-state index contributed by atoms with van der Waals surface area (Å²) in [7, 11) is -3.21. The van der Waals surface area contributed by atoms with Crippen LogP contribution in [-0.4, -0.2) is 32.7 Å². The van der Waals surface area contributed by atoms with Gasteiger partial charge < -0.3 is 5.32 Å². The summed E-state index contributed by atoms with van der Waals surface area (Å²) in [5.74, 6) is 2.29. The van der Waals surface area contributed by atoms with E-state index in [2.05, 4.69) is 17.0 Å². The molecule has 102 valence electrons. The van der Waals surface area contributed by atoms with E-state index < -0.39 is 10.0 Å². The molecule has 1 aromatic rings. The normalized spacial score (nSPS) is 11.2. The topological polar surface area (TPSA) is 58.2 Å². The minimum Gasteiger partial charge on any atom is -0.385 e. The van der Waals surface area contributed by atoms with E-state index in [-0.39, 0.29) is 0 Å². The van der Waals surface area contributed by atoms with E-state index >= 15 is 0 Å². The van der Waals surface area contributed by atoms with Gasteiger partial charge in [0.2, 0.25) is 10.0 Å². The average Bonchev–Trinajstić information content (AvgIpc) is 2.27. The van der Waals surface area contributed by atoms with Crippen LogP contribution in [0.15, 0.2) is 24.3 Å². The van der Waals surface area contributed by atoms with Crippen LogP contribution >= 0.6 is 11.8 Å². The lowest BCUT2D eigenvalue weighted by Gasteiger charge is -2.09. The second kappa shape index (κ2) is 7.53. The van der Waals surface area contributed by atoms with Gasteiger partial charge in [0.1, 0.15) is 0 Å². The minimum absolute atomic E-state index is 0.588. The van der Waals surface area contributed by atoms with Crippen LogP contribution in [0.4, 0.5) is 11.4 Å². The lowest BCUT2D eigenvalue weighted by atomic mass is 10.3. The SMILES string of the molecule is CCSCCCNc1cccc(NS(C)(=O)=O)c1. The summed E-state index contributed by atoms with van der Waals surface area (Å²) in [6, 6.07) is 7.30. The first-order valence-electron chi connectivity index (χ1n) is 5.91. The van der Waals surface area contributed by atoms with Crippen LogP contribution in [0.5, 0.6) is 0 Å². The van der Waals surface area contributed by atoms with E-state index in [1.54, 1.807) is 12.1 Å². The average molecular weight is 288 g/mol. The van der Waals surface area contributed by atoms with Crippen molar-refractivity contribution in [2.24, 2.45) is 0 Å². The van der Waals surface area contributed by atoms with Gasteiger partial charge in [0, 0.05) is 12.2 Å². The first-order valence-corrected chi connectivity index (χ1v) is 8.95. The number of hydrogen-bond donors (Lipinski definition) is 2. The van der Waals surface area contributed by atoms with Crippen molar-refractivity contribution in [1.82, 2.24) is 0 Å². The van der Waals surface area contributed by atoms with Crippen molar-refractivity contribution in [3.63, 3.8) is 0 Å². The monoisotopic (exact) mass is 288 g/mol. The molecule has 2 N–H and O–H groups in total. The Labute approximate surface area is 114 Å². The van der Waals surface area contributed by atoms with E-state index in [4.69, 9.17) is 0 Å². The van der Waals surface area contributed by atoms with Crippen molar-refractivity contribution in [3.8, 4) is 0 Å². The van der Waals surface area contributed by atoms with Crippen molar-refractivity contribution in [2.45, 2.75) is 13.3 Å². The molecular formula is C12H20N2O2S2. The molecule has 0 saturated heterocycles. The number of hydrogen-bond acceptors (Lipinski definition) is 4. The predicted molar refractivity (Wildman–Crippen MR) is 81.0 cm³/mol. The summed E-state index contributed by atoms with van der Waals surface area (Å²) < 4.78 is 24.7. The fraction of sp³-hybridized carbons (Fsp3) is 0.500. The fourth-order valence-corrected chi connectivity index (χ4v) is 2.65. The van der Waals surface area contributed by atoms with Crippen LogP contribution in [0.1, 0.15) is 13.3 Å². The third kappa shape index (κ3) is 6.76. The lowest BCUT2D eigenvalue weighted by molar-refractivity contribution is 0.607. The Balaban J connectivity index is 2.44. The molecule has 0 aliphatic rings. The molecule has 18 heavy (non-hydrogen) atoms. The van der Waals surface area contributed by atoms with Crippen molar-refractivity contribution in [3.05, 3.63) is 24.3 Å². The molecule has 1 aromatic carbocycles. The molecule has 0 aliphatic heterocycles. The zero-order valence-corrected chi connectivity index (χ0v) is 12.4. The van der Waals surface area contributed by atoms with Crippen LogP contribution in [0.25, 0.3) is 0 Å². The Bertz CT molecular complexity index is 461. The van der Waals surface area contributed by atoms with Crippen molar-refractivity contribution in [1.29, 1.82) is 0 Å². The number of thioether (sulfide) groups is 1. The van der Waals surface area contributed by atoms with Gasteiger partial charge in [0.15, 0.2) is 0 Å². The van der Waals surface area contributed by atoms with Gasteiger partial charge in [-0.2, -0.15) is 11.8 Å². The Kier molecular flexibility index (Phi) is 6.35. The van der Waals surface area contributed by atoms with Gasteiger partial charge in [-0.15, -0.1) is 0 Å². The zero-order valence-electron chi connectivity index (χ0n) is 10.8. The largest absolute Gasteiger partial charge is 0.385 e. The number of benzene rings is 1. The highest BCUT2D eigenvalue weighted by Gasteiger charge is 2.01. The first kappa shape index (κ1) is 15.2. The van der Waals surface area contributed by atoms with Gasteiger partial charge in [-0.1, -0.05) is 13.0 Å². The van der Waals surface area contributed by atoms with Crippen molar-refractivity contribution in [2.75, 3.05) is 34.3 Å². The lowest BCUT2D eigenvalue weighted by Crippen LogP contribution is -2.10. The van der Waals surface area contributed by atoms with Crippen LogP contribution in [-0.2, 0) is 10.0 Å². The maximum absolute atomic E-state index is 11.1. The smallest absolute Gasteiger partial charge is 0.229 e. The highest BCUT2D eigenvalue weighted by molar-refractivity contribution is 7.99. The van der Waals surface area contributed by atoms with Crippen LogP contribution in [0.3, 0.4) is 0 Å². The minimum atomic E-state index is -3.21. The Morgan fingerprint density at radius 2 is 2.00 bits per heavy atom. The zero-order chi connectivity index (χ0) is 13.4. The van der Waals surface area contributed by atoms with Crippen LogP contribution in [0, 0.1) is 0 Å². The summed E-state index contributed by atoms with van der Waals surface area (Å²) in [4.78, 5) is 0. The summed E-state index contributed by atoms with van der Waals surface area (Å²) in [6.07, 6.45) is 2.25. The number of nitrogens with one attached hydrogen (secondary N) is 2. The predicted octanol–water partition coefficient (Wildman–Crippen LogP) is 2.61. The molecule has 6 heteroatoms. The van der Waals surface area contributed by atoms with Gasteiger partial charge in [-0.3, -0.25) is 4.72 Å². The molecule has 0 heterocycles. The molecule has 0 atom stereocenters. The molecule has 0 aliphatic carbocycles. The molecule has 0 saturated carbocycles. The molecule has 0 bridgehead atoms. The van der Waals surface area contributed by atoms with E-state index in [1.807, 2.05) is 23.9 Å². The first-order chi connectivity index (χ1) is 8.51. The second-order valence-corrected chi connectivity index (χ2v) is 7.07. The Morgan fingerprint density at radius 3 is 2.67 bits per heavy atom. The van der Waals surface area contributed by atoms with Gasteiger partial charge in [-0.05, 0) is 36.1 Å². The second-order valence-electron chi connectivity index (χ2n) is 3.93. The van der Waals surface area contributed by atoms with Crippen LogP contribution in [0.2, 0.25) is 0 Å². The van der Waals surface area contributed by atoms with Gasteiger partial charge >= 0.3 is 0 Å². The van der Waals surface area contributed by atoms with Gasteiger partial charge in [0.25, 0.3) is 0 Å². The summed E-state index contributed by atoms with van der Waals surface area (Å²) in [6.45, 7) is 3.05. The van der Waals surface area contributed by atoms with E-state index in [0.29, 0.717) is 5.69 Å². The molecular weight excluding hydrogens is 268 g/mol. The fourth-order valence-electron chi connectivity index (χ4n) is 1.46. The Morgan fingerprint density at radius 1 is 1.28 bits per heavy atom. The third-order valence-electron chi connectivity index (χ3n) is 2.16. The summed E-state index contributed by atoms with van der Waals surface area (Å²) >= 11 is 1.92. The molecule has 0 unspecified atom stereocenters. The van der Waals surface area contributed by atoms with Gasteiger partial charge in [-0.25, -0.2) is 8.42 Å². The number of anilines is 2. The van der Waals surface area contributed by atoms with E-state index in [0.717, 1.165) is 36.4 Å². The summed E-state index contributed by atoms with van der Waals surface area (Å²) in [5, 5.41) is 3.28. The Hall–Kier alpha value is -0.880. The molecule has 0 radical (unpaired) electrons. The standard InChI is InChI=1S/C12H20N2O2S2/c1-3-17-9-5-8-13-11-6-4-7-12(10-11)14-18(2,15)16/h4,6-7,10,13-14H,3,5,8-9H2,1-2H3. The summed E-state index contributed by atoms with van der Waals surface area (Å²) in [5.41, 5.74) is 1.52. The van der Waals surface area contributed by atoms with Gasteiger partial charge in [0.05, 0.1) is 11.9 Å². The van der Waals surface area contributed by atoms with E-state index in [9.17, 15) is 8.42 Å². The third-order valence-corrected chi connectivity index (χ3v) is 3.76. The molecule has 4 nitrogen and oxygen atoms in total. The highest BCUT2D eigenvalue weighted by Crippen LogP contribution is 2.16. The number of rotatable bonds is 8. The molecule has 0 amide bonds. The molecule has 1 rings (SSSR count). The maximum atomic E-state index is 11.1. The molecule has 0 aromatic heterocycles. The van der Waals surface area contributed by atoms with Crippen molar-refractivity contribution >= 4 is 33.2 Å². The molecule has 0 fully saturated rings. The quantitative estimate of drug-likeness (QED) is 0.722. The highest BCUT2D eigenvalue weighted by atomic mass is 32.2. The maximum Gasteiger partial charge on any atom is 0.229 e. The van der Waals surface area contributed by atoms with E-state index in [1.165, 1.54) is 0 Å².